The number of hydrogen-bond acceptors (Lipinski definition) is 2. The molecule has 2 aliphatic carbocycles. The molecule has 1 saturated carbocycles. The Bertz CT molecular complexity index is 583. The summed E-state index contributed by atoms with van der Waals surface area (Å²) in [5.74, 6) is -3.29. The number of allylic oxidation sites excluding steroid dienone is 2. The lowest BCUT2D eigenvalue weighted by molar-refractivity contribution is -0.150. The summed E-state index contributed by atoms with van der Waals surface area (Å²) in [6.45, 7) is -0.376. The van der Waals surface area contributed by atoms with Crippen LogP contribution in [0, 0.1) is 35.2 Å². The Labute approximate surface area is 114 Å². The van der Waals surface area contributed by atoms with Gasteiger partial charge in [0.15, 0.2) is 11.6 Å². The van der Waals surface area contributed by atoms with Gasteiger partial charge in [-0.2, -0.15) is 0 Å². The van der Waals surface area contributed by atoms with Gasteiger partial charge in [-0.1, -0.05) is 12.2 Å². The Morgan fingerprint density at radius 2 is 1.85 bits per heavy atom. The maximum absolute atomic E-state index is 13.4. The minimum Gasteiger partial charge on any atom is -0.460 e. The van der Waals surface area contributed by atoms with E-state index < -0.39 is 23.4 Å². The predicted molar refractivity (Wildman–Crippen MR) is 65.0 cm³/mol. The highest BCUT2D eigenvalue weighted by atomic mass is 19.2. The molecule has 0 radical (unpaired) electrons. The quantitative estimate of drug-likeness (QED) is 0.483. The summed E-state index contributed by atoms with van der Waals surface area (Å²) in [7, 11) is 0. The highest BCUT2D eigenvalue weighted by Gasteiger charge is 2.40. The van der Waals surface area contributed by atoms with E-state index in [0.717, 1.165) is 18.9 Å². The number of carbonyl (C=O) groups excluding carboxylic acids is 1. The molecule has 0 spiro atoms. The first-order valence-electron chi connectivity index (χ1n) is 6.53. The van der Waals surface area contributed by atoms with Crippen molar-refractivity contribution in [3.63, 3.8) is 0 Å². The summed E-state index contributed by atoms with van der Waals surface area (Å²) < 4.78 is 44.2. The summed E-state index contributed by atoms with van der Waals surface area (Å²) in [5, 5.41) is 0. The molecule has 0 saturated heterocycles. The van der Waals surface area contributed by atoms with Gasteiger partial charge in [0.2, 0.25) is 0 Å². The van der Waals surface area contributed by atoms with Crippen molar-refractivity contribution in [1.82, 2.24) is 0 Å². The molecule has 3 atom stereocenters. The van der Waals surface area contributed by atoms with Gasteiger partial charge >= 0.3 is 5.97 Å². The maximum Gasteiger partial charge on any atom is 0.309 e. The highest BCUT2D eigenvalue weighted by molar-refractivity contribution is 5.74. The SMILES string of the molecule is O=C(OCc1cc(F)c(F)cc1F)C1CC2C=CC1C2. The summed E-state index contributed by atoms with van der Waals surface area (Å²) >= 11 is 0. The Morgan fingerprint density at radius 3 is 2.50 bits per heavy atom. The van der Waals surface area contributed by atoms with Gasteiger partial charge in [0.25, 0.3) is 0 Å². The minimum atomic E-state index is -1.25. The van der Waals surface area contributed by atoms with Crippen molar-refractivity contribution < 1.29 is 22.7 Å². The van der Waals surface area contributed by atoms with Gasteiger partial charge in [0, 0.05) is 11.6 Å². The van der Waals surface area contributed by atoms with Gasteiger partial charge in [0.05, 0.1) is 5.92 Å². The lowest BCUT2D eigenvalue weighted by atomic mass is 9.94. The Kier molecular flexibility index (Phi) is 3.28. The molecule has 2 bridgehead atoms. The lowest BCUT2D eigenvalue weighted by Gasteiger charge is -2.16. The summed E-state index contributed by atoms with van der Waals surface area (Å²) in [5.41, 5.74) is -0.157. The van der Waals surface area contributed by atoms with Crippen LogP contribution in [-0.4, -0.2) is 5.97 Å². The van der Waals surface area contributed by atoms with Crippen LogP contribution in [0.1, 0.15) is 18.4 Å². The Morgan fingerprint density at radius 1 is 1.10 bits per heavy atom. The van der Waals surface area contributed by atoms with Crippen LogP contribution in [-0.2, 0) is 16.1 Å². The smallest absolute Gasteiger partial charge is 0.309 e. The molecule has 3 unspecified atom stereocenters. The van der Waals surface area contributed by atoms with Gasteiger partial charge in [-0.15, -0.1) is 0 Å². The third-order valence-corrected chi connectivity index (χ3v) is 4.04. The lowest BCUT2D eigenvalue weighted by Crippen LogP contribution is -2.21. The normalized spacial score (nSPS) is 27.1. The number of fused-ring (bicyclic) bond motifs is 2. The maximum atomic E-state index is 13.4. The largest absolute Gasteiger partial charge is 0.460 e. The first-order valence-corrected chi connectivity index (χ1v) is 6.53. The average Bonchev–Trinajstić information content (AvgIpc) is 3.03. The van der Waals surface area contributed by atoms with E-state index in [0.29, 0.717) is 12.0 Å². The van der Waals surface area contributed by atoms with Crippen LogP contribution in [0.25, 0.3) is 0 Å². The number of hydrogen-bond donors (Lipinski definition) is 0. The third-order valence-electron chi connectivity index (χ3n) is 4.04. The molecule has 0 amide bonds. The number of esters is 1. The second-order valence-electron chi connectivity index (χ2n) is 5.35. The molecule has 2 aliphatic rings. The zero-order valence-corrected chi connectivity index (χ0v) is 10.6. The number of ether oxygens (including phenoxy) is 1. The van der Waals surface area contributed by atoms with Crippen LogP contribution in [0.15, 0.2) is 24.3 Å². The standard InChI is InChI=1S/C15H13F3O2/c16-12-6-14(18)13(17)5-10(12)7-20-15(19)11-4-8-1-2-9(11)3-8/h1-2,5-6,8-9,11H,3-4,7H2. The van der Waals surface area contributed by atoms with Crippen LogP contribution in [0.2, 0.25) is 0 Å². The van der Waals surface area contributed by atoms with Crippen molar-refractivity contribution in [2.24, 2.45) is 17.8 Å². The molecule has 1 aromatic rings. The third kappa shape index (κ3) is 2.32. The van der Waals surface area contributed by atoms with Crippen molar-refractivity contribution in [2.75, 3.05) is 0 Å². The second kappa shape index (κ2) is 4.96. The first-order chi connectivity index (χ1) is 9.54. The van der Waals surface area contributed by atoms with Crippen molar-refractivity contribution in [1.29, 1.82) is 0 Å². The van der Waals surface area contributed by atoms with E-state index in [2.05, 4.69) is 6.08 Å². The molecule has 3 rings (SSSR count). The van der Waals surface area contributed by atoms with Crippen LogP contribution in [0.5, 0.6) is 0 Å². The molecular formula is C15H13F3O2. The first kappa shape index (κ1) is 13.2. The van der Waals surface area contributed by atoms with Crippen LogP contribution in [0.3, 0.4) is 0 Å². The second-order valence-corrected chi connectivity index (χ2v) is 5.35. The monoisotopic (exact) mass is 282 g/mol. The molecule has 0 aromatic heterocycles. The number of benzene rings is 1. The van der Waals surface area contributed by atoms with E-state index in [-0.39, 0.29) is 24.0 Å². The van der Waals surface area contributed by atoms with Gasteiger partial charge in [-0.25, -0.2) is 13.2 Å². The van der Waals surface area contributed by atoms with Gasteiger partial charge in [0.1, 0.15) is 12.4 Å². The zero-order valence-electron chi connectivity index (χ0n) is 10.6. The zero-order chi connectivity index (χ0) is 14.3. The van der Waals surface area contributed by atoms with Gasteiger partial charge in [-0.3, -0.25) is 4.79 Å². The van der Waals surface area contributed by atoms with E-state index in [4.69, 9.17) is 4.74 Å². The number of carbonyl (C=O) groups is 1. The van der Waals surface area contributed by atoms with Crippen molar-refractivity contribution in [3.05, 3.63) is 47.3 Å². The molecule has 20 heavy (non-hydrogen) atoms. The predicted octanol–water partition coefficient (Wildman–Crippen LogP) is 3.36. The minimum absolute atomic E-state index is 0.157. The van der Waals surface area contributed by atoms with E-state index in [1.165, 1.54) is 0 Å². The van der Waals surface area contributed by atoms with Crippen molar-refractivity contribution >= 4 is 5.97 Å². The molecule has 0 aliphatic heterocycles. The van der Waals surface area contributed by atoms with Crippen LogP contribution < -0.4 is 0 Å². The average molecular weight is 282 g/mol. The Balaban J connectivity index is 1.64. The van der Waals surface area contributed by atoms with E-state index in [9.17, 15) is 18.0 Å². The summed E-state index contributed by atoms with van der Waals surface area (Å²) in [6, 6.07) is 1.18. The van der Waals surface area contributed by atoms with Gasteiger partial charge in [-0.05, 0) is 30.7 Å². The van der Waals surface area contributed by atoms with E-state index in [1.807, 2.05) is 6.08 Å². The van der Waals surface area contributed by atoms with Crippen LogP contribution >= 0.6 is 0 Å². The molecule has 1 fully saturated rings. The molecule has 0 heterocycles. The molecule has 2 nitrogen and oxygen atoms in total. The van der Waals surface area contributed by atoms with Crippen LogP contribution in [0.4, 0.5) is 13.2 Å². The van der Waals surface area contributed by atoms with E-state index >= 15 is 0 Å². The van der Waals surface area contributed by atoms with Crippen molar-refractivity contribution in [2.45, 2.75) is 19.4 Å². The fraction of sp³-hybridized carbons (Fsp3) is 0.400. The fourth-order valence-electron chi connectivity index (χ4n) is 2.98. The number of rotatable bonds is 3. The molecule has 0 N–H and O–H groups in total. The topological polar surface area (TPSA) is 26.3 Å². The molecule has 106 valence electrons. The molecule has 5 heteroatoms. The summed E-state index contributed by atoms with van der Waals surface area (Å²) in [4.78, 5) is 11.9. The summed E-state index contributed by atoms with van der Waals surface area (Å²) in [6.07, 6.45) is 5.82. The highest BCUT2D eigenvalue weighted by Crippen LogP contribution is 2.43. The molecule has 1 aromatic carbocycles. The molecular weight excluding hydrogens is 269 g/mol. The van der Waals surface area contributed by atoms with Gasteiger partial charge < -0.3 is 4.74 Å². The number of halogens is 3. The van der Waals surface area contributed by atoms with E-state index in [1.54, 1.807) is 0 Å². The Hall–Kier alpha value is -1.78. The fourth-order valence-corrected chi connectivity index (χ4v) is 2.98. The van der Waals surface area contributed by atoms with Crippen molar-refractivity contribution in [3.8, 4) is 0 Å².